The smallest absolute Gasteiger partial charge is 0.343 e. The number of carbonyl (C=O) groups excluding carboxylic acids is 2. The van der Waals surface area contributed by atoms with Crippen LogP contribution in [-0.2, 0) is 4.74 Å². The van der Waals surface area contributed by atoms with Gasteiger partial charge in [0.2, 0.25) is 5.82 Å². The molecule has 274 valence electrons. The van der Waals surface area contributed by atoms with Crippen molar-refractivity contribution in [3.8, 4) is 22.6 Å². The monoisotopic (exact) mass is 696 g/mol. The van der Waals surface area contributed by atoms with E-state index in [2.05, 4.69) is 13.8 Å². The molecule has 5 nitrogen and oxygen atoms in total. The number of esters is 2. The molecule has 3 aromatic rings. The fourth-order valence-electron chi connectivity index (χ4n) is 5.88. The third kappa shape index (κ3) is 13.5. The molecule has 0 aliphatic heterocycles. The van der Waals surface area contributed by atoms with Crippen molar-refractivity contribution in [2.75, 3.05) is 6.61 Å². The average Bonchev–Trinajstić information content (AvgIpc) is 3.13. The van der Waals surface area contributed by atoms with Crippen molar-refractivity contribution in [2.45, 2.75) is 136 Å². The molecular weight excluding hydrogens is 641 g/mol. The molecule has 0 bridgehead atoms. The number of benzene rings is 3. The molecule has 0 heterocycles. The first kappa shape index (κ1) is 40.6. The van der Waals surface area contributed by atoms with Crippen LogP contribution < -0.4 is 9.47 Å². The van der Waals surface area contributed by atoms with E-state index >= 15 is 0 Å². The Labute approximate surface area is 296 Å². The van der Waals surface area contributed by atoms with Crippen LogP contribution in [0.2, 0.25) is 0 Å². The minimum Gasteiger partial charge on any atom is -0.494 e. The van der Waals surface area contributed by atoms with Gasteiger partial charge < -0.3 is 14.2 Å². The largest absolute Gasteiger partial charge is 0.494 e. The van der Waals surface area contributed by atoms with Gasteiger partial charge in [-0.25, -0.2) is 18.4 Å². The maximum Gasteiger partial charge on any atom is 0.343 e. The molecular formula is C42H55F3O5. The van der Waals surface area contributed by atoms with Gasteiger partial charge >= 0.3 is 11.9 Å². The Morgan fingerprint density at radius 3 is 1.70 bits per heavy atom. The zero-order valence-corrected chi connectivity index (χ0v) is 30.2. The third-order valence-electron chi connectivity index (χ3n) is 8.88. The van der Waals surface area contributed by atoms with Gasteiger partial charge in [0, 0.05) is 6.07 Å². The van der Waals surface area contributed by atoms with Crippen LogP contribution in [0.1, 0.15) is 151 Å². The van der Waals surface area contributed by atoms with E-state index in [4.69, 9.17) is 14.2 Å². The summed E-state index contributed by atoms with van der Waals surface area (Å²) in [6.07, 6.45) is 18.0. The van der Waals surface area contributed by atoms with Gasteiger partial charge in [-0.3, -0.25) is 0 Å². The molecule has 0 aromatic heterocycles. The van der Waals surface area contributed by atoms with Crippen LogP contribution >= 0.6 is 0 Å². The Balaban J connectivity index is 1.53. The number of hydrogen-bond donors (Lipinski definition) is 0. The van der Waals surface area contributed by atoms with E-state index < -0.39 is 46.8 Å². The summed E-state index contributed by atoms with van der Waals surface area (Å²) >= 11 is 0. The molecule has 8 heteroatoms. The summed E-state index contributed by atoms with van der Waals surface area (Å²) in [5.41, 5.74) is 0.960. The lowest BCUT2D eigenvalue weighted by Gasteiger charge is -2.18. The molecule has 3 aromatic carbocycles. The molecule has 0 N–H and O–H groups in total. The number of unbranched alkanes of at least 4 members (excludes halogenated alkanes) is 12. The fourth-order valence-corrected chi connectivity index (χ4v) is 5.88. The molecule has 0 saturated heterocycles. The lowest BCUT2D eigenvalue weighted by atomic mass is 10.0. The highest BCUT2D eigenvalue weighted by Gasteiger charge is 2.27. The van der Waals surface area contributed by atoms with Crippen molar-refractivity contribution < 1.29 is 37.0 Å². The summed E-state index contributed by atoms with van der Waals surface area (Å²) < 4.78 is 60.4. The van der Waals surface area contributed by atoms with Crippen LogP contribution in [0, 0.1) is 17.5 Å². The van der Waals surface area contributed by atoms with Gasteiger partial charge in [0.25, 0.3) is 0 Å². The van der Waals surface area contributed by atoms with E-state index in [1.807, 2.05) is 31.2 Å². The Kier molecular flexibility index (Phi) is 18.5. The SMILES string of the molecule is CCCCCCCCCCCCOc1ccc(-c2ccc(C(=O)Oc3cc(C(=O)O[C@H](CCC)CCCCCC)c(F)c(F)c3F)cc2)cc1. The van der Waals surface area contributed by atoms with Gasteiger partial charge in [-0.05, 0) is 61.1 Å². The second-order valence-corrected chi connectivity index (χ2v) is 13.1. The molecule has 0 spiro atoms. The molecule has 0 unspecified atom stereocenters. The van der Waals surface area contributed by atoms with E-state index in [1.165, 1.54) is 63.5 Å². The average molecular weight is 697 g/mol. The second-order valence-electron chi connectivity index (χ2n) is 13.1. The number of carbonyl (C=O) groups is 2. The van der Waals surface area contributed by atoms with Gasteiger partial charge in [-0.15, -0.1) is 0 Å². The summed E-state index contributed by atoms with van der Waals surface area (Å²) in [6.45, 7) is 6.93. The highest BCUT2D eigenvalue weighted by molar-refractivity contribution is 5.93. The van der Waals surface area contributed by atoms with E-state index in [0.717, 1.165) is 61.8 Å². The molecule has 0 fully saturated rings. The van der Waals surface area contributed by atoms with Crippen molar-refractivity contribution in [1.82, 2.24) is 0 Å². The minimum absolute atomic E-state index is 0.0635. The van der Waals surface area contributed by atoms with Gasteiger partial charge in [-0.2, -0.15) is 4.39 Å². The topological polar surface area (TPSA) is 61.8 Å². The number of hydrogen-bond acceptors (Lipinski definition) is 5. The van der Waals surface area contributed by atoms with Crippen molar-refractivity contribution >= 4 is 11.9 Å². The molecule has 0 aliphatic carbocycles. The maximum atomic E-state index is 14.7. The summed E-state index contributed by atoms with van der Waals surface area (Å²) in [4.78, 5) is 25.7. The van der Waals surface area contributed by atoms with E-state index in [9.17, 15) is 22.8 Å². The normalized spacial score (nSPS) is 11.7. The Morgan fingerprint density at radius 1 is 0.580 bits per heavy atom. The van der Waals surface area contributed by atoms with Crippen molar-refractivity contribution in [2.24, 2.45) is 0 Å². The first-order valence-corrected chi connectivity index (χ1v) is 18.7. The zero-order valence-electron chi connectivity index (χ0n) is 30.2. The lowest BCUT2D eigenvalue weighted by molar-refractivity contribution is 0.0246. The molecule has 1 atom stereocenters. The quantitative estimate of drug-likeness (QED) is 0.0404. The van der Waals surface area contributed by atoms with Crippen LogP contribution in [0.15, 0.2) is 54.6 Å². The van der Waals surface area contributed by atoms with Gasteiger partial charge in [0.1, 0.15) is 17.4 Å². The predicted molar refractivity (Wildman–Crippen MR) is 193 cm³/mol. The lowest BCUT2D eigenvalue weighted by Crippen LogP contribution is -2.20. The number of halogens is 3. The van der Waals surface area contributed by atoms with Crippen LogP contribution in [0.4, 0.5) is 13.2 Å². The summed E-state index contributed by atoms with van der Waals surface area (Å²) in [7, 11) is 0. The van der Waals surface area contributed by atoms with Gasteiger partial charge in [-0.1, -0.05) is 129 Å². The Morgan fingerprint density at radius 2 is 1.12 bits per heavy atom. The van der Waals surface area contributed by atoms with E-state index in [0.29, 0.717) is 25.5 Å². The van der Waals surface area contributed by atoms with Crippen LogP contribution in [-0.4, -0.2) is 24.6 Å². The summed E-state index contributed by atoms with van der Waals surface area (Å²) in [5, 5.41) is 0. The van der Waals surface area contributed by atoms with Crippen molar-refractivity contribution in [3.63, 3.8) is 0 Å². The molecule has 0 amide bonds. The molecule has 0 radical (unpaired) electrons. The van der Waals surface area contributed by atoms with Crippen LogP contribution in [0.5, 0.6) is 11.5 Å². The number of ether oxygens (including phenoxy) is 3. The van der Waals surface area contributed by atoms with Crippen molar-refractivity contribution in [1.29, 1.82) is 0 Å². The Bertz CT molecular complexity index is 1440. The summed E-state index contributed by atoms with van der Waals surface area (Å²) in [6, 6.07) is 14.7. The van der Waals surface area contributed by atoms with Crippen LogP contribution in [0.25, 0.3) is 11.1 Å². The number of rotatable bonds is 24. The van der Waals surface area contributed by atoms with Crippen LogP contribution in [0.3, 0.4) is 0 Å². The van der Waals surface area contributed by atoms with Gasteiger partial charge in [0.15, 0.2) is 17.4 Å². The predicted octanol–water partition coefficient (Wildman–Crippen LogP) is 12.6. The fraction of sp³-hybridized carbons (Fsp3) is 0.524. The first-order chi connectivity index (χ1) is 24.3. The molecule has 0 saturated carbocycles. The molecule has 3 rings (SSSR count). The highest BCUT2D eigenvalue weighted by Crippen LogP contribution is 2.29. The molecule has 50 heavy (non-hydrogen) atoms. The van der Waals surface area contributed by atoms with Gasteiger partial charge in [0.05, 0.1) is 12.2 Å². The van der Waals surface area contributed by atoms with E-state index in [1.54, 1.807) is 12.1 Å². The van der Waals surface area contributed by atoms with Crippen molar-refractivity contribution in [3.05, 3.63) is 83.2 Å². The Hall–Kier alpha value is -3.81. The highest BCUT2D eigenvalue weighted by atomic mass is 19.2. The second kappa shape index (κ2) is 22.8. The molecule has 0 aliphatic rings. The summed E-state index contributed by atoms with van der Waals surface area (Å²) in [5.74, 6) is -7.54. The minimum atomic E-state index is -1.91. The maximum absolute atomic E-state index is 14.7. The zero-order chi connectivity index (χ0) is 36.1. The third-order valence-corrected chi connectivity index (χ3v) is 8.88. The standard InChI is InChI=1S/C42H55F3O5/c1-4-7-9-11-12-13-14-15-16-18-29-48-34-27-25-32(26-28-34)31-21-23-33(24-22-31)41(46)50-37-30-36(38(43)40(45)39(37)44)42(47)49-35(19-6-3)20-17-10-8-5-2/h21-28,30,35H,4-20,29H2,1-3H3/t35-/m1/s1. The first-order valence-electron chi connectivity index (χ1n) is 18.7. The van der Waals surface area contributed by atoms with E-state index in [-0.39, 0.29) is 5.56 Å².